The summed E-state index contributed by atoms with van der Waals surface area (Å²) in [4.78, 5) is 23.6. The lowest BCUT2D eigenvalue weighted by atomic mass is 10.3. The van der Waals surface area contributed by atoms with E-state index in [-0.39, 0.29) is 6.03 Å². The Balaban J connectivity index is 1.66. The van der Waals surface area contributed by atoms with Gasteiger partial charge in [-0.2, -0.15) is 0 Å². The van der Waals surface area contributed by atoms with Gasteiger partial charge in [-0.15, -0.1) is 0 Å². The van der Waals surface area contributed by atoms with Crippen LogP contribution in [0.25, 0.3) is 0 Å². The summed E-state index contributed by atoms with van der Waals surface area (Å²) in [5.41, 5.74) is 2.87. The van der Waals surface area contributed by atoms with Crippen LogP contribution in [0.15, 0.2) is 24.3 Å². The number of nitrogens with one attached hydrogen (secondary N) is 2. The Bertz CT molecular complexity index is 747. The van der Waals surface area contributed by atoms with Gasteiger partial charge in [0.2, 0.25) is 5.95 Å². The number of amides is 2. The molecule has 1 saturated heterocycles. The van der Waals surface area contributed by atoms with Gasteiger partial charge in [-0.1, -0.05) is 0 Å². The van der Waals surface area contributed by atoms with Gasteiger partial charge in [-0.05, 0) is 57.9 Å². The predicted octanol–water partition coefficient (Wildman–Crippen LogP) is 3.74. The quantitative estimate of drug-likeness (QED) is 0.854. The number of benzene rings is 1. The van der Waals surface area contributed by atoms with Gasteiger partial charge in [0.05, 0.1) is 23.7 Å². The van der Waals surface area contributed by atoms with Crippen molar-refractivity contribution < 1.29 is 9.53 Å². The van der Waals surface area contributed by atoms with E-state index in [4.69, 9.17) is 4.74 Å². The fraction of sp³-hybridized carbons (Fsp3) is 0.421. The SMILES string of the molecule is CCOc1ccc(NC(=O)Nc2c(C)nc(N3CCCC3)nc2C)cc1. The zero-order chi connectivity index (χ0) is 18.5. The number of nitrogens with zero attached hydrogens (tertiary/aromatic N) is 3. The number of urea groups is 1. The molecule has 0 saturated carbocycles. The number of carbonyl (C=O) groups excluding carboxylic acids is 1. The van der Waals surface area contributed by atoms with E-state index in [2.05, 4.69) is 25.5 Å². The van der Waals surface area contributed by atoms with Gasteiger partial charge in [0.25, 0.3) is 0 Å². The largest absolute Gasteiger partial charge is 0.494 e. The van der Waals surface area contributed by atoms with Crippen LogP contribution < -0.4 is 20.3 Å². The normalized spacial score (nSPS) is 13.6. The second-order valence-electron chi connectivity index (χ2n) is 6.30. The Hall–Kier alpha value is -2.83. The van der Waals surface area contributed by atoms with E-state index in [0.29, 0.717) is 18.0 Å². The molecule has 7 nitrogen and oxygen atoms in total. The molecule has 1 fully saturated rings. The van der Waals surface area contributed by atoms with Crippen LogP contribution in [0, 0.1) is 13.8 Å². The molecular formula is C19H25N5O2. The fourth-order valence-corrected chi connectivity index (χ4v) is 3.02. The van der Waals surface area contributed by atoms with Gasteiger partial charge < -0.3 is 20.3 Å². The molecule has 2 amide bonds. The van der Waals surface area contributed by atoms with Crippen molar-refractivity contribution >= 4 is 23.4 Å². The van der Waals surface area contributed by atoms with E-state index in [1.807, 2.05) is 32.9 Å². The van der Waals surface area contributed by atoms with Crippen molar-refractivity contribution in [1.29, 1.82) is 0 Å². The van der Waals surface area contributed by atoms with Gasteiger partial charge in [-0.25, -0.2) is 14.8 Å². The lowest BCUT2D eigenvalue weighted by molar-refractivity contribution is 0.262. The smallest absolute Gasteiger partial charge is 0.323 e. The molecule has 3 rings (SSSR count). The molecule has 2 N–H and O–H groups in total. The summed E-state index contributed by atoms with van der Waals surface area (Å²) in [5, 5.41) is 5.67. The Morgan fingerprint density at radius 3 is 2.27 bits per heavy atom. The number of anilines is 3. The first-order valence-corrected chi connectivity index (χ1v) is 8.98. The highest BCUT2D eigenvalue weighted by molar-refractivity contribution is 6.00. The van der Waals surface area contributed by atoms with E-state index in [1.54, 1.807) is 12.1 Å². The molecular weight excluding hydrogens is 330 g/mol. The van der Waals surface area contributed by atoms with Gasteiger partial charge in [0, 0.05) is 18.8 Å². The molecule has 0 radical (unpaired) electrons. The average Bonchev–Trinajstić information content (AvgIpc) is 3.14. The Morgan fingerprint density at radius 1 is 1.08 bits per heavy atom. The van der Waals surface area contributed by atoms with E-state index >= 15 is 0 Å². The lowest BCUT2D eigenvalue weighted by Gasteiger charge is -2.18. The summed E-state index contributed by atoms with van der Waals surface area (Å²) in [6.45, 7) is 8.30. The average molecular weight is 355 g/mol. The van der Waals surface area contributed by atoms with Crippen molar-refractivity contribution in [3.8, 4) is 5.75 Å². The number of ether oxygens (including phenoxy) is 1. The number of carbonyl (C=O) groups is 1. The molecule has 2 heterocycles. The monoisotopic (exact) mass is 355 g/mol. The Morgan fingerprint density at radius 2 is 1.69 bits per heavy atom. The highest BCUT2D eigenvalue weighted by Gasteiger charge is 2.18. The topological polar surface area (TPSA) is 79.4 Å². The van der Waals surface area contributed by atoms with Crippen molar-refractivity contribution in [2.75, 3.05) is 35.2 Å². The fourth-order valence-electron chi connectivity index (χ4n) is 3.02. The van der Waals surface area contributed by atoms with E-state index < -0.39 is 0 Å². The van der Waals surface area contributed by atoms with Crippen molar-refractivity contribution in [1.82, 2.24) is 9.97 Å². The summed E-state index contributed by atoms with van der Waals surface area (Å²) in [5.74, 6) is 1.52. The molecule has 1 aromatic heterocycles. The number of hydrogen-bond acceptors (Lipinski definition) is 5. The van der Waals surface area contributed by atoms with Crippen molar-refractivity contribution in [3.05, 3.63) is 35.7 Å². The minimum absolute atomic E-state index is 0.321. The molecule has 138 valence electrons. The van der Waals surface area contributed by atoms with Gasteiger partial charge in [-0.3, -0.25) is 0 Å². The zero-order valence-electron chi connectivity index (χ0n) is 15.5. The summed E-state index contributed by atoms with van der Waals surface area (Å²) in [6, 6.07) is 6.93. The van der Waals surface area contributed by atoms with Crippen LogP contribution in [0.4, 0.5) is 22.1 Å². The highest BCUT2D eigenvalue weighted by atomic mass is 16.5. The molecule has 1 aliphatic rings. The summed E-state index contributed by atoms with van der Waals surface area (Å²) in [7, 11) is 0. The number of rotatable bonds is 5. The minimum atomic E-state index is -0.321. The van der Waals surface area contributed by atoms with E-state index in [1.165, 1.54) is 12.8 Å². The van der Waals surface area contributed by atoms with Crippen LogP contribution in [0.1, 0.15) is 31.2 Å². The first-order valence-electron chi connectivity index (χ1n) is 8.98. The van der Waals surface area contributed by atoms with Crippen LogP contribution in [0.2, 0.25) is 0 Å². The first-order chi connectivity index (χ1) is 12.6. The molecule has 1 aliphatic heterocycles. The standard InChI is InChI=1S/C19H25N5O2/c1-4-26-16-9-7-15(8-10-16)22-19(25)23-17-13(2)20-18(21-14(17)3)24-11-5-6-12-24/h7-10H,4-6,11-12H2,1-3H3,(H2,22,23,25). The van der Waals surface area contributed by atoms with Crippen molar-refractivity contribution in [2.24, 2.45) is 0 Å². The number of aryl methyl sites for hydroxylation is 2. The summed E-state index contributed by atoms with van der Waals surface area (Å²) in [6.07, 6.45) is 2.35. The minimum Gasteiger partial charge on any atom is -0.494 e. The molecule has 7 heteroatoms. The maximum absolute atomic E-state index is 12.3. The third kappa shape index (κ3) is 4.22. The number of aromatic nitrogens is 2. The van der Waals surface area contributed by atoms with Crippen molar-refractivity contribution in [2.45, 2.75) is 33.6 Å². The lowest BCUT2D eigenvalue weighted by Crippen LogP contribution is -2.24. The second-order valence-corrected chi connectivity index (χ2v) is 6.30. The van der Waals surface area contributed by atoms with Crippen molar-refractivity contribution in [3.63, 3.8) is 0 Å². The second kappa shape index (κ2) is 8.03. The summed E-state index contributed by atoms with van der Waals surface area (Å²) >= 11 is 0. The van der Waals surface area contributed by atoms with Gasteiger partial charge in [0.1, 0.15) is 5.75 Å². The third-order valence-corrected chi connectivity index (χ3v) is 4.31. The van der Waals surface area contributed by atoms with E-state index in [0.717, 1.165) is 36.2 Å². The molecule has 0 spiro atoms. The summed E-state index contributed by atoms with van der Waals surface area (Å²) < 4.78 is 5.40. The maximum Gasteiger partial charge on any atom is 0.323 e. The highest BCUT2D eigenvalue weighted by Crippen LogP contribution is 2.23. The predicted molar refractivity (Wildman–Crippen MR) is 103 cm³/mol. The molecule has 26 heavy (non-hydrogen) atoms. The van der Waals surface area contributed by atoms with Crippen LogP contribution in [-0.4, -0.2) is 35.7 Å². The molecule has 1 aromatic carbocycles. The molecule has 0 atom stereocenters. The van der Waals surface area contributed by atoms with Crippen LogP contribution in [-0.2, 0) is 0 Å². The Labute approximate surface area is 153 Å². The molecule has 0 unspecified atom stereocenters. The molecule has 0 aliphatic carbocycles. The van der Waals surface area contributed by atoms with E-state index in [9.17, 15) is 4.79 Å². The van der Waals surface area contributed by atoms with Crippen LogP contribution in [0.5, 0.6) is 5.75 Å². The Kier molecular flexibility index (Phi) is 5.55. The van der Waals surface area contributed by atoms with Gasteiger partial charge >= 0.3 is 6.03 Å². The zero-order valence-corrected chi connectivity index (χ0v) is 15.5. The van der Waals surface area contributed by atoms with Crippen LogP contribution >= 0.6 is 0 Å². The molecule has 2 aromatic rings. The first kappa shape index (κ1) is 18.0. The third-order valence-electron chi connectivity index (χ3n) is 4.31. The molecule has 0 bridgehead atoms. The maximum atomic E-state index is 12.3. The van der Waals surface area contributed by atoms with Crippen LogP contribution in [0.3, 0.4) is 0 Å². The van der Waals surface area contributed by atoms with Gasteiger partial charge in [0.15, 0.2) is 0 Å². The number of hydrogen-bond donors (Lipinski definition) is 2.